The first-order chi connectivity index (χ1) is 13.9. The van der Waals surface area contributed by atoms with Crippen LogP contribution in [-0.4, -0.2) is 46.5 Å². The predicted molar refractivity (Wildman–Crippen MR) is 108 cm³/mol. The van der Waals surface area contributed by atoms with Crippen molar-refractivity contribution in [2.45, 2.75) is 23.8 Å². The van der Waals surface area contributed by atoms with Gasteiger partial charge in [0, 0.05) is 37.0 Å². The summed E-state index contributed by atoms with van der Waals surface area (Å²) < 4.78 is 33.0. The summed E-state index contributed by atoms with van der Waals surface area (Å²) in [5.74, 6) is -0.676. The van der Waals surface area contributed by atoms with Crippen molar-refractivity contribution in [3.63, 3.8) is 0 Å². The summed E-state index contributed by atoms with van der Waals surface area (Å²) in [7, 11) is -2.21. The highest BCUT2D eigenvalue weighted by Crippen LogP contribution is 2.16. The Balaban J connectivity index is 1.67. The minimum Gasteiger partial charge on any atom is -0.377 e. The van der Waals surface area contributed by atoms with E-state index < -0.39 is 15.9 Å². The van der Waals surface area contributed by atoms with Crippen molar-refractivity contribution in [2.24, 2.45) is 0 Å². The molecule has 3 N–H and O–H groups in total. The first-order valence-corrected chi connectivity index (χ1v) is 10.7. The van der Waals surface area contributed by atoms with E-state index in [9.17, 15) is 18.0 Å². The minimum atomic E-state index is -3.75. The Labute approximate surface area is 169 Å². The molecule has 9 heteroatoms. The van der Waals surface area contributed by atoms with E-state index in [1.165, 1.54) is 31.3 Å². The molecule has 1 fully saturated rings. The van der Waals surface area contributed by atoms with E-state index in [1.54, 1.807) is 24.3 Å². The summed E-state index contributed by atoms with van der Waals surface area (Å²) in [6, 6.07) is 12.2. The minimum absolute atomic E-state index is 0.0121. The Kier molecular flexibility index (Phi) is 6.63. The number of benzene rings is 2. The summed E-state index contributed by atoms with van der Waals surface area (Å²) in [6.45, 7) is 0.850. The number of carbonyl (C=O) groups excluding carboxylic acids is 2. The Morgan fingerprint density at radius 2 is 1.83 bits per heavy atom. The number of hydrogen-bond donors (Lipinski definition) is 3. The quantitative estimate of drug-likeness (QED) is 0.635. The van der Waals surface area contributed by atoms with E-state index in [0.29, 0.717) is 17.9 Å². The van der Waals surface area contributed by atoms with Crippen LogP contribution in [0.2, 0.25) is 0 Å². The van der Waals surface area contributed by atoms with Gasteiger partial charge in [0.2, 0.25) is 10.0 Å². The molecule has 0 saturated carbocycles. The van der Waals surface area contributed by atoms with Crippen LogP contribution in [0, 0.1) is 0 Å². The number of nitrogens with one attached hydrogen (secondary N) is 3. The van der Waals surface area contributed by atoms with Gasteiger partial charge >= 0.3 is 0 Å². The average Bonchev–Trinajstić information content (AvgIpc) is 3.26. The van der Waals surface area contributed by atoms with Gasteiger partial charge in [-0.3, -0.25) is 9.59 Å². The molecule has 1 atom stereocenters. The monoisotopic (exact) mass is 417 g/mol. The van der Waals surface area contributed by atoms with Crippen LogP contribution in [0.15, 0.2) is 53.4 Å². The van der Waals surface area contributed by atoms with Crippen LogP contribution in [0.5, 0.6) is 0 Å². The molecule has 8 nitrogen and oxygen atoms in total. The summed E-state index contributed by atoms with van der Waals surface area (Å²) in [5.41, 5.74) is 1.17. The molecule has 2 aromatic carbocycles. The summed E-state index contributed by atoms with van der Waals surface area (Å²) in [5, 5.41) is 5.21. The van der Waals surface area contributed by atoms with Gasteiger partial charge in [0.25, 0.3) is 11.8 Å². The van der Waals surface area contributed by atoms with Crippen LogP contribution in [0.1, 0.15) is 33.6 Å². The molecular formula is C20H23N3O5S. The second-order valence-corrected chi connectivity index (χ2v) is 8.39. The van der Waals surface area contributed by atoms with Crippen LogP contribution < -0.4 is 15.4 Å². The predicted octanol–water partition coefficient (Wildman–Crippen LogP) is 1.76. The first-order valence-electron chi connectivity index (χ1n) is 9.24. The molecule has 2 aromatic rings. The fourth-order valence-electron chi connectivity index (χ4n) is 2.95. The van der Waals surface area contributed by atoms with Gasteiger partial charge in [-0.2, -0.15) is 0 Å². The van der Waals surface area contributed by atoms with Crippen LogP contribution in [-0.2, 0) is 14.8 Å². The molecule has 1 heterocycles. The maximum absolute atomic E-state index is 12.5. The Morgan fingerprint density at radius 3 is 2.48 bits per heavy atom. The number of rotatable bonds is 7. The van der Waals surface area contributed by atoms with E-state index in [4.69, 9.17) is 4.74 Å². The molecular weight excluding hydrogens is 394 g/mol. The van der Waals surface area contributed by atoms with Gasteiger partial charge in [0.1, 0.15) is 0 Å². The number of carbonyl (C=O) groups is 2. The Morgan fingerprint density at radius 1 is 1.07 bits per heavy atom. The third kappa shape index (κ3) is 5.41. The van der Waals surface area contributed by atoms with Gasteiger partial charge in [-0.05, 0) is 55.3 Å². The van der Waals surface area contributed by atoms with Gasteiger partial charge in [0.15, 0.2) is 0 Å². The van der Waals surface area contributed by atoms with Gasteiger partial charge < -0.3 is 15.4 Å². The van der Waals surface area contributed by atoms with E-state index in [2.05, 4.69) is 15.4 Å². The zero-order valence-electron chi connectivity index (χ0n) is 16.0. The highest BCUT2D eigenvalue weighted by molar-refractivity contribution is 7.89. The molecule has 0 spiro atoms. The van der Waals surface area contributed by atoms with Crippen molar-refractivity contribution in [3.05, 3.63) is 59.7 Å². The lowest BCUT2D eigenvalue weighted by molar-refractivity contribution is 0.0962. The van der Waals surface area contributed by atoms with Crippen molar-refractivity contribution in [1.29, 1.82) is 0 Å². The van der Waals surface area contributed by atoms with E-state index in [0.717, 1.165) is 12.8 Å². The smallest absolute Gasteiger partial charge is 0.255 e. The largest absolute Gasteiger partial charge is 0.377 e. The molecule has 29 heavy (non-hydrogen) atoms. The average molecular weight is 417 g/mol. The SMILES string of the molecule is CNC(=O)c1ccc(NC(=O)c2cccc(S(=O)(=O)NC[C@H]3CCCO3)c2)cc1. The lowest BCUT2D eigenvalue weighted by Crippen LogP contribution is -2.32. The maximum atomic E-state index is 12.5. The second kappa shape index (κ2) is 9.17. The molecule has 154 valence electrons. The third-order valence-corrected chi connectivity index (χ3v) is 5.98. The molecule has 0 aromatic heterocycles. The summed E-state index contributed by atoms with van der Waals surface area (Å²) in [6.07, 6.45) is 1.63. The number of amides is 2. The van der Waals surface area contributed by atoms with Crippen molar-refractivity contribution in [1.82, 2.24) is 10.0 Å². The summed E-state index contributed by atoms with van der Waals surface area (Å²) >= 11 is 0. The lowest BCUT2D eigenvalue weighted by Gasteiger charge is -2.12. The second-order valence-electron chi connectivity index (χ2n) is 6.63. The Hall–Kier alpha value is -2.75. The van der Waals surface area contributed by atoms with Gasteiger partial charge in [-0.25, -0.2) is 13.1 Å². The summed E-state index contributed by atoms with van der Waals surface area (Å²) in [4.78, 5) is 24.1. The van der Waals surface area contributed by atoms with Gasteiger partial charge in [-0.1, -0.05) is 6.07 Å². The van der Waals surface area contributed by atoms with Crippen molar-refractivity contribution in [3.8, 4) is 0 Å². The van der Waals surface area contributed by atoms with Crippen molar-refractivity contribution in [2.75, 3.05) is 25.5 Å². The van der Waals surface area contributed by atoms with Gasteiger partial charge in [-0.15, -0.1) is 0 Å². The van der Waals surface area contributed by atoms with Crippen LogP contribution in [0.25, 0.3) is 0 Å². The molecule has 0 unspecified atom stereocenters. The molecule has 3 rings (SSSR count). The van der Waals surface area contributed by atoms with Crippen LogP contribution in [0.3, 0.4) is 0 Å². The van der Waals surface area contributed by atoms with E-state index in [1.807, 2.05) is 0 Å². The number of hydrogen-bond acceptors (Lipinski definition) is 5. The molecule has 1 saturated heterocycles. The first kappa shape index (κ1) is 21.0. The highest BCUT2D eigenvalue weighted by atomic mass is 32.2. The number of anilines is 1. The van der Waals surface area contributed by atoms with Gasteiger partial charge in [0.05, 0.1) is 11.0 Å². The Bertz CT molecular complexity index is 983. The fraction of sp³-hybridized carbons (Fsp3) is 0.300. The standard InChI is InChI=1S/C20H23N3O5S/c1-21-19(24)14-7-9-16(10-8-14)23-20(25)15-4-2-6-18(12-15)29(26,27)22-13-17-5-3-11-28-17/h2,4,6-10,12,17,22H,3,5,11,13H2,1H3,(H,21,24)(H,23,25)/t17-/m1/s1. The molecule has 2 amide bonds. The van der Waals surface area contributed by atoms with E-state index >= 15 is 0 Å². The van der Waals surface area contributed by atoms with Crippen LogP contribution in [0.4, 0.5) is 5.69 Å². The van der Waals surface area contributed by atoms with Crippen molar-refractivity contribution < 1.29 is 22.7 Å². The van der Waals surface area contributed by atoms with Crippen LogP contribution >= 0.6 is 0 Å². The molecule has 0 bridgehead atoms. The fourth-order valence-corrected chi connectivity index (χ4v) is 4.06. The highest BCUT2D eigenvalue weighted by Gasteiger charge is 2.21. The zero-order chi connectivity index (χ0) is 20.9. The number of ether oxygens (including phenoxy) is 1. The lowest BCUT2D eigenvalue weighted by atomic mass is 10.1. The normalized spacial score (nSPS) is 16.4. The third-order valence-electron chi connectivity index (χ3n) is 4.56. The molecule has 1 aliphatic heterocycles. The molecule has 1 aliphatic rings. The molecule has 0 aliphatic carbocycles. The van der Waals surface area contributed by atoms with E-state index in [-0.39, 0.29) is 29.0 Å². The topological polar surface area (TPSA) is 114 Å². The van der Waals surface area contributed by atoms with Crippen molar-refractivity contribution >= 4 is 27.5 Å². The maximum Gasteiger partial charge on any atom is 0.255 e. The molecule has 0 radical (unpaired) electrons. The number of sulfonamides is 1. The zero-order valence-corrected chi connectivity index (χ0v) is 16.8.